The number of hydrogen-bond acceptors (Lipinski definition) is 4. The highest BCUT2D eigenvalue weighted by Crippen LogP contribution is 2.29. The summed E-state index contributed by atoms with van der Waals surface area (Å²) in [5.74, 6) is -0.0557. The topological polar surface area (TPSA) is 67.8 Å². The number of hydrogen-bond donors (Lipinski definition) is 2. The van der Waals surface area contributed by atoms with E-state index in [2.05, 4.69) is 5.32 Å². The van der Waals surface area contributed by atoms with Crippen LogP contribution in [0.1, 0.15) is 15.9 Å². The first-order chi connectivity index (χ1) is 8.13. The van der Waals surface area contributed by atoms with Crippen LogP contribution in [0.4, 0.5) is 0 Å². The standard InChI is InChI=1S/C12H17NO4/c1-13-5-4-8-6-9(12(14)15)11(17-3)7-10(8)16-2/h6-7,13H,4-5H2,1-3H3,(H,14,15). The minimum Gasteiger partial charge on any atom is -0.496 e. The van der Waals surface area contributed by atoms with E-state index < -0.39 is 5.97 Å². The first-order valence-corrected chi connectivity index (χ1v) is 5.26. The lowest BCUT2D eigenvalue weighted by Gasteiger charge is -2.12. The highest BCUT2D eigenvalue weighted by atomic mass is 16.5. The number of aromatic carboxylic acids is 1. The summed E-state index contributed by atoms with van der Waals surface area (Å²) in [5, 5.41) is 12.1. The predicted octanol–water partition coefficient (Wildman–Crippen LogP) is 1.16. The zero-order valence-electron chi connectivity index (χ0n) is 10.2. The highest BCUT2D eigenvalue weighted by molar-refractivity contribution is 5.91. The van der Waals surface area contributed by atoms with Crippen molar-refractivity contribution in [3.63, 3.8) is 0 Å². The van der Waals surface area contributed by atoms with Crippen molar-refractivity contribution in [1.29, 1.82) is 0 Å². The van der Waals surface area contributed by atoms with Crippen molar-refractivity contribution in [3.05, 3.63) is 23.3 Å². The number of carbonyl (C=O) groups is 1. The van der Waals surface area contributed by atoms with E-state index in [-0.39, 0.29) is 5.56 Å². The quantitative estimate of drug-likeness (QED) is 0.779. The molecule has 0 saturated heterocycles. The van der Waals surface area contributed by atoms with Crippen LogP contribution in [0.3, 0.4) is 0 Å². The molecule has 0 aliphatic carbocycles. The lowest BCUT2D eigenvalue weighted by Crippen LogP contribution is -2.12. The molecule has 0 radical (unpaired) electrons. The number of nitrogens with one attached hydrogen (secondary N) is 1. The predicted molar refractivity (Wildman–Crippen MR) is 64.1 cm³/mol. The molecule has 17 heavy (non-hydrogen) atoms. The van der Waals surface area contributed by atoms with Gasteiger partial charge in [-0.2, -0.15) is 0 Å². The molecule has 1 aromatic carbocycles. The van der Waals surface area contributed by atoms with Gasteiger partial charge in [0, 0.05) is 6.07 Å². The molecular weight excluding hydrogens is 222 g/mol. The number of rotatable bonds is 6. The van der Waals surface area contributed by atoms with Gasteiger partial charge in [-0.25, -0.2) is 4.79 Å². The van der Waals surface area contributed by atoms with E-state index in [1.807, 2.05) is 7.05 Å². The Morgan fingerprint density at radius 3 is 2.41 bits per heavy atom. The number of benzene rings is 1. The molecule has 0 spiro atoms. The van der Waals surface area contributed by atoms with Gasteiger partial charge in [0.05, 0.1) is 14.2 Å². The zero-order valence-corrected chi connectivity index (χ0v) is 10.2. The van der Waals surface area contributed by atoms with Gasteiger partial charge in [-0.3, -0.25) is 0 Å². The molecule has 1 aromatic rings. The van der Waals surface area contributed by atoms with Crippen LogP contribution in [0.5, 0.6) is 11.5 Å². The molecule has 0 atom stereocenters. The zero-order chi connectivity index (χ0) is 12.8. The summed E-state index contributed by atoms with van der Waals surface area (Å²) in [6.45, 7) is 0.752. The van der Waals surface area contributed by atoms with Crippen molar-refractivity contribution < 1.29 is 19.4 Å². The first-order valence-electron chi connectivity index (χ1n) is 5.26. The monoisotopic (exact) mass is 239 g/mol. The van der Waals surface area contributed by atoms with E-state index >= 15 is 0 Å². The van der Waals surface area contributed by atoms with E-state index in [1.165, 1.54) is 7.11 Å². The Bertz CT molecular complexity index is 404. The maximum absolute atomic E-state index is 11.1. The van der Waals surface area contributed by atoms with E-state index in [9.17, 15) is 4.79 Å². The van der Waals surface area contributed by atoms with E-state index in [4.69, 9.17) is 14.6 Å². The molecule has 0 bridgehead atoms. The summed E-state index contributed by atoms with van der Waals surface area (Å²) in [6, 6.07) is 3.20. The van der Waals surface area contributed by atoms with E-state index in [0.29, 0.717) is 17.9 Å². The number of carboxylic acids is 1. The minimum absolute atomic E-state index is 0.152. The maximum atomic E-state index is 11.1. The summed E-state index contributed by atoms with van der Waals surface area (Å²) in [6.07, 6.45) is 0.698. The SMILES string of the molecule is CNCCc1cc(C(=O)O)c(OC)cc1OC. The molecule has 0 heterocycles. The minimum atomic E-state index is -1.00. The molecule has 0 amide bonds. The molecule has 94 valence electrons. The summed E-state index contributed by atoms with van der Waals surface area (Å²) in [5.41, 5.74) is 0.999. The van der Waals surface area contributed by atoms with Crippen molar-refractivity contribution in [1.82, 2.24) is 5.32 Å². The van der Waals surface area contributed by atoms with Crippen LogP contribution in [0.25, 0.3) is 0 Å². The van der Waals surface area contributed by atoms with Gasteiger partial charge in [0.1, 0.15) is 17.1 Å². The molecular formula is C12H17NO4. The lowest BCUT2D eigenvalue weighted by atomic mass is 10.1. The molecule has 0 aliphatic heterocycles. The third-order valence-corrected chi connectivity index (χ3v) is 2.48. The average Bonchev–Trinajstić information content (AvgIpc) is 2.34. The van der Waals surface area contributed by atoms with Gasteiger partial charge < -0.3 is 19.9 Å². The largest absolute Gasteiger partial charge is 0.496 e. The number of methoxy groups -OCH3 is 2. The second kappa shape index (κ2) is 6.10. The number of carboxylic acid groups (broad SMARTS) is 1. The fraction of sp³-hybridized carbons (Fsp3) is 0.417. The van der Waals surface area contributed by atoms with Crippen LogP contribution in [0.2, 0.25) is 0 Å². The van der Waals surface area contributed by atoms with Crippen molar-refractivity contribution in [2.75, 3.05) is 27.8 Å². The smallest absolute Gasteiger partial charge is 0.339 e. The number of ether oxygens (including phenoxy) is 2. The lowest BCUT2D eigenvalue weighted by molar-refractivity contribution is 0.0693. The van der Waals surface area contributed by atoms with Gasteiger partial charge in [-0.05, 0) is 31.6 Å². The summed E-state index contributed by atoms with van der Waals surface area (Å²) >= 11 is 0. The molecule has 0 aromatic heterocycles. The molecule has 5 nitrogen and oxygen atoms in total. The fourth-order valence-electron chi connectivity index (χ4n) is 1.59. The van der Waals surface area contributed by atoms with Gasteiger partial charge in [0.2, 0.25) is 0 Å². The Kier molecular flexibility index (Phi) is 4.78. The molecule has 1 rings (SSSR count). The van der Waals surface area contributed by atoms with E-state index in [0.717, 1.165) is 12.1 Å². The van der Waals surface area contributed by atoms with Crippen LogP contribution >= 0.6 is 0 Å². The highest BCUT2D eigenvalue weighted by Gasteiger charge is 2.15. The fourth-order valence-corrected chi connectivity index (χ4v) is 1.59. The molecule has 2 N–H and O–H groups in total. The molecule has 0 aliphatic rings. The van der Waals surface area contributed by atoms with Crippen molar-refractivity contribution in [3.8, 4) is 11.5 Å². The van der Waals surface area contributed by atoms with E-state index in [1.54, 1.807) is 19.2 Å². The van der Waals surface area contributed by atoms with Gasteiger partial charge in [-0.15, -0.1) is 0 Å². The summed E-state index contributed by atoms with van der Waals surface area (Å²) < 4.78 is 10.3. The first kappa shape index (κ1) is 13.3. The van der Waals surface area contributed by atoms with Crippen LogP contribution in [-0.2, 0) is 6.42 Å². The van der Waals surface area contributed by atoms with Crippen LogP contribution < -0.4 is 14.8 Å². The van der Waals surface area contributed by atoms with Crippen LogP contribution in [0, 0.1) is 0 Å². The normalized spacial score (nSPS) is 10.1. The summed E-state index contributed by atoms with van der Waals surface area (Å²) in [7, 11) is 4.83. The van der Waals surface area contributed by atoms with Crippen molar-refractivity contribution in [2.45, 2.75) is 6.42 Å². The van der Waals surface area contributed by atoms with Crippen molar-refractivity contribution >= 4 is 5.97 Å². The van der Waals surface area contributed by atoms with Crippen LogP contribution in [-0.4, -0.2) is 38.9 Å². The Labute approximate surface area is 100 Å². The Hall–Kier alpha value is -1.75. The number of likely N-dealkylation sites (N-methyl/N-ethyl adjacent to an activating group) is 1. The maximum Gasteiger partial charge on any atom is 0.339 e. The summed E-state index contributed by atoms with van der Waals surface area (Å²) in [4.78, 5) is 11.1. The van der Waals surface area contributed by atoms with Crippen LogP contribution in [0.15, 0.2) is 12.1 Å². The Morgan fingerprint density at radius 1 is 1.29 bits per heavy atom. The third kappa shape index (κ3) is 3.10. The second-order valence-corrected chi connectivity index (χ2v) is 3.52. The Morgan fingerprint density at radius 2 is 1.94 bits per heavy atom. The average molecular weight is 239 g/mol. The molecule has 0 unspecified atom stereocenters. The van der Waals surface area contributed by atoms with Crippen molar-refractivity contribution in [2.24, 2.45) is 0 Å². The Balaban J connectivity index is 3.18. The molecule has 0 fully saturated rings. The molecule has 5 heteroatoms. The second-order valence-electron chi connectivity index (χ2n) is 3.52. The van der Waals surface area contributed by atoms with Gasteiger partial charge in [0.15, 0.2) is 0 Å². The molecule has 0 saturated carbocycles. The van der Waals surface area contributed by atoms with Gasteiger partial charge in [0.25, 0.3) is 0 Å². The third-order valence-electron chi connectivity index (χ3n) is 2.48. The van der Waals surface area contributed by atoms with Gasteiger partial charge in [-0.1, -0.05) is 0 Å². The van der Waals surface area contributed by atoms with Gasteiger partial charge >= 0.3 is 5.97 Å².